The van der Waals surface area contributed by atoms with Gasteiger partial charge >= 0.3 is 0 Å². The first-order valence-corrected chi connectivity index (χ1v) is 10.1. The molecule has 0 atom stereocenters. The van der Waals surface area contributed by atoms with Crippen molar-refractivity contribution in [2.24, 2.45) is 0 Å². The monoisotopic (exact) mass is 443 g/mol. The third kappa shape index (κ3) is 5.62. The summed E-state index contributed by atoms with van der Waals surface area (Å²) < 4.78 is 1.58. The molecule has 1 heterocycles. The number of nitrogen functional groups attached to an aromatic ring is 1. The summed E-state index contributed by atoms with van der Waals surface area (Å²) in [5, 5.41) is 6.25. The highest BCUT2D eigenvalue weighted by Crippen LogP contribution is 2.24. The topological polar surface area (TPSA) is 119 Å². The van der Waals surface area contributed by atoms with Crippen LogP contribution in [-0.4, -0.2) is 27.1 Å². The third-order valence-corrected chi connectivity index (χ3v) is 5.02. The maximum atomic E-state index is 12.3. The molecule has 2 amide bonds. The van der Waals surface area contributed by atoms with Gasteiger partial charge in [0, 0.05) is 35.1 Å². The fourth-order valence-corrected chi connectivity index (χ4v) is 3.54. The van der Waals surface area contributed by atoms with E-state index in [0.717, 1.165) is 11.8 Å². The second-order valence-corrected chi connectivity index (χ2v) is 7.59. The van der Waals surface area contributed by atoms with E-state index >= 15 is 0 Å². The van der Waals surface area contributed by atoms with Crippen LogP contribution in [0.25, 0.3) is 5.69 Å². The van der Waals surface area contributed by atoms with E-state index in [4.69, 9.17) is 17.3 Å². The highest BCUT2D eigenvalue weighted by molar-refractivity contribution is 7.99. The maximum absolute atomic E-state index is 12.3. The predicted octanol–water partition coefficient (Wildman–Crippen LogP) is 3.16. The van der Waals surface area contributed by atoms with Crippen LogP contribution in [0.2, 0.25) is 5.02 Å². The van der Waals surface area contributed by atoms with E-state index in [1.807, 2.05) is 0 Å². The van der Waals surface area contributed by atoms with Crippen LogP contribution in [0.15, 0.2) is 64.5 Å². The van der Waals surface area contributed by atoms with Crippen LogP contribution < -0.4 is 21.9 Å². The van der Waals surface area contributed by atoms with Crippen molar-refractivity contribution in [2.75, 3.05) is 22.1 Å². The first kappa shape index (κ1) is 21.4. The summed E-state index contributed by atoms with van der Waals surface area (Å²) in [6.07, 6.45) is 0. The molecule has 0 saturated carbocycles. The van der Waals surface area contributed by atoms with Crippen molar-refractivity contribution in [1.29, 1.82) is 0 Å². The van der Waals surface area contributed by atoms with Gasteiger partial charge in [0.1, 0.15) is 5.82 Å². The molecule has 0 aliphatic heterocycles. The minimum atomic E-state index is -0.491. The Kier molecular flexibility index (Phi) is 6.76. The van der Waals surface area contributed by atoms with Crippen molar-refractivity contribution in [1.82, 2.24) is 9.55 Å². The van der Waals surface area contributed by atoms with E-state index in [1.54, 1.807) is 53.1 Å². The molecule has 8 nitrogen and oxygen atoms in total. The standard InChI is InChI=1S/C20H18ClN5O3S/c1-12(27)23-14-4-6-15(7-5-14)24-19(29)11-30-20-25-18(28)10-17(22)26(20)16-8-2-13(21)3-9-16/h2-10H,11,22H2,1H3,(H,23,27)(H,24,29). The lowest BCUT2D eigenvalue weighted by molar-refractivity contribution is -0.114. The number of aromatic nitrogens is 2. The zero-order chi connectivity index (χ0) is 21.7. The largest absolute Gasteiger partial charge is 0.385 e. The molecule has 0 bridgehead atoms. The van der Waals surface area contributed by atoms with E-state index in [1.165, 1.54) is 13.0 Å². The van der Waals surface area contributed by atoms with Crippen LogP contribution in [-0.2, 0) is 9.59 Å². The molecule has 0 spiro atoms. The van der Waals surface area contributed by atoms with Gasteiger partial charge in [0.05, 0.1) is 5.75 Å². The summed E-state index contributed by atoms with van der Waals surface area (Å²) in [6, 6.07) is 14.8. The minimum absolute atomic E-state index is 0.0108. The Morgan fingerprint density at radius 3 is 2.27 bits per heavy atom. The van der Waals surface area contributed by atoms with Gasteiger partial charge in [-0.05, 0) is 48.5 Å². The van der Waals surface area contributed by atoms with Crippen molar-refractivity contribution < 1.29 is 9.59 Å². The number of benzene rings is 2. The van der Waals surface area contributed by atoms with Gasteiger partial charge in [-0.15, -0.1) is 0 Å². The fraction of sp³-hybridized carbons (Fsp3) is 0.100. The number of amides is 2. The molecule has 0 fully saturated rings. The van der Waals surface area contributed by atoms with Gasteiger partial charge in [0.2, 0.25) is 11.8 Å². The highest BCUT2D eigenvalue weighted by Gasteiger charge is 2.13. The SMILES string of the molecule is CC(=O)Nc1ccc(NC(=O)CSc2nc(=O)cc(N)n2-c2ccc(Cl)cc2)cc1. The number of carbonyl (C=O) groups excluding carboxylic acids is 2. The maximum Gasteiger partial charge on any atom is 0.275 e. The molecule has 2 aromatic carbocycles. The van der Waals surface area contributed by atoms with Crippen molar-refractivity contribution in [3.63, 3.8) is 0 Å². The lowest BCUT2D eigenvalue weighted by atomic mass is 10.3. The van der Waals surface area contributed by atoms with Crippen LogP contribution in [0.5, 0.6) is 0 Å². The number of carbonyl (C=O) groups is 2. The zero-order valence-electron chi connectivity index (χ0n) is 15.9. The second kappa shape index (κ2) is 9.47. The molecule has 30 heavy (non-hydrogen) atoms. The van der Waals surface area contributed by atoms with Crippen LogP contribution in [0.3, 0.4) is 0 Å². The number of anilines is 3. The van der Waals surface area contributed by atoms with Crippen LogP contribution in [0.4, 0.5) is 17.2 Å². The number of nitrogens with two attached hydrogens (primary N) is 1. The molecule has 3 rings (SSSR count). The molecule has 0 aliphatic rings. The van der Waals surface area contributed by atoms with Crippen molar-refractivity contribution in [3.8, 4) is 5.69 Å². The second-order valence-electron chi connectivity index (χ2n) is 6.21. The Morgan fingerprint density at radius 2 is 1.67 bits per heavy atom. The number of rotatable bonds is 6. The molecule has 4 N–H and O–H groups in total. The van der Waals surface area contributed by atoms with Gasteiger partial charge in [-0.25, -0.2) is 0 Å². The van der Waals surface area contributed by atoms with Crippen molar-refractivity contribution in [2.45, 2.75) is 12.1 Å². The first-order chi connectivity index (χ1) is 14.3. The Balaban J connectivity index is 1.72. The quantitative estimate of drug-likeness (QED) is 0.397. The van der Waals surface area contributed by atoms with Crippen molar-refractivity contribution >= 4 is 52.4 Å². The Morgan fingerprint density at radius 1 is 1.07 bits per heavy atom. The number of hydrogen-bond acceptors (Lipinski definition) is 6. The lowest BCUT2D eigenvalue weighted by Crippen LogP contribution is -2.19. The van der Waals surface area contributed by atoms with E-state index < -0.39 is 5.56 Å². The zero-order valence-corrected chi connectivity index (χ0v) is 17.5. The minimum Gasteiger partial charge on any atom is -0.385 e. The molecular weight excluding hydrogens is 426 g/mol. The number of nitrogens with one attached hydrogen (secondary N) is 2. The Bertz CT molecular complexity index is 1130. The summed E-state index contributed by atoms with van der Waals surface area (Å²) in [5.41, 5.74) is 7.40. The van der Waals surface area contributed by atoms with Gasteiger partial charge in [-0.3, -0.25) is 19.0 Å². The normalized spacial score (nSPS) is 10.5. The molecule has 0 unspecified atom stereocenters. The molecule has 0 aliphatic carbocycles. The molecule has 10 heteroatoms. The molecule has 154 valence electrons. The third-order valence-electron chi connectivity index (χ3n) is 3.83. The highest BCUT2D eigenvalue weighted by atomic mass is 35.5. The first-order valence-electron chi connectivity index (χ1n) is 8.77. The number of thioether (sulfide) groups is 1. The molecule has 0 saturated heterocycles. The number of hydrogen-bond donors (Lipinski definition) is 3. The molecule has 3 aromatic rings. The van der Waals surface area contributed by atoms with E-state index in [0.29, 0.717) is 27.2 Å². The smallest absolute Gasteiger partial charge is 0.275 e. The number of nitrogens with zero attached hydrogens (tertiary/aromatic N) is 2. The van der Waals surface area contributed by atoms with E-state index in [9.17, 15) is 14.4 Å². The Hall–Kier alpha value is -3.30. The molecular formula is C20H18ClN5O3S. The van der Waals surface area contributed by atoms with Crippen molar-refractivity contribution in [3.05, 3.63) is 70.0 Å². The van der Waals surface area contributed by atoms with Crippen LogP contribution >= 0.6 is 23.4 Å². The van der Waals surface area contributed by atoms with Gasteiger partial charge in [0.15, 0.2) is 5.16 Å². The summed E-state index contributed by atoms with van der Waals surface area (Å²) in [5.74, 6) is -0.248. The summed E-state index contributed by atoms with van der Waals surface area (Å²) in [6.45, 7) is 1.42. The Labute approximate surface area is 181 Å². The summed E-state index contributed by atoms with van der Waals surface area (Å²) in [7, 11) is 0. The van der Waals surface area contributed by atoms with Gasteiger partial charge in [-0.2, -0.15) is 4.98 Å². The fourth-order valence-electron chi connectivity index (χ4n) is 2.59. The average molecular weight is 444 g/mol. The molecule has 0 radical (unpaired) electrons. The summed E-state index contributed by atoms with van der Waals surface area (Å²) >= 11 is 7.02. The number of halogens is 1. The van der Waals surface area contributed by atoms with E-state index in [-0.39, 0.29) is 23.4 Å². The lowest BCUT2D eigenvalue weighted by Gasteiger charge is -2.14. The van der Waals surface area contributed by atoms with Gasteiger partial charge in [0.25, 0.3) is 5.56 Å². The van der Waals surface area contributed by atoms with Gasteiger partial charge < -0.3 is 16.4 Å². The van der Waals surface area contributed by atoms with E-state index in [2.05, 4.69) is 15.6 Å². The average Bonchev–Trinajstić information content (AvgIpc) is 2.68. The van der Waals surface area contributed by atoms with Gasteiger partial charge in [-0.1, -0.05) is 23.4 Å². The molecule has 1 aromatic heterocycles. The predicted molar refractivity (Wildman–Crippen MR) is 119 cm³/mol. The van der Waals surface area contributed by atoms with Crippen LogP contribution in [0, 0.1) is 0 Å². The summed E-state index contributed by atoms with van der Waals surface area (Å²) in [4.78, 5) is 39.2. The van der Waals surface area contributed by atoms with Crippen LogP contribution in [0.1, 0.15) is 6.92 Å².